The van der Waals surface area contributed by atoms with Crippen molar-refractivity contribution in [2.24, 2.45) is 7.05 Å². The molecule has 0 spiro atoms. The van der Waals surface area contributed by atoms with Crippen molar-refractivity contribution in [3.05, 3.63) is 152 Å². The summed E-state index contributed by atoms with van der Waals surface area (Å²) in [6.45, 7) is 0. The number of hydrogen-bond donors (Lipinski definition) is 0. The van der Waals surface area contributed by atoms with E-state index in [0.717, 1.165) is 28.5 Å². The van der Waals surface area contributed by atoms with E-state index in [0.29, 0.717) is 0 Å². The zero-order valence-electron chi connectivity index (χ0n) is 21.4. The van der Waals surface area contributed by atoms with E-state index in [2.05, 4.69) is 126 Å². The minimum absolute atomic E-state index is 0.949. The fourth-order valence-electron chi connectivity index (χ4n) is 5.25. The summed E-state index contributed by atoms with van der Waals surface area (Å²) in [6.07, 6.45) is 6.69. The van der Waals surface area contributed by atoms with E-state index in [1.165, 1.54) is 21.5 Å². The lowest BCUT2D eigenvalue weighted by molar-refractivity contribution is 0.771. The molecule has 4 aromatic carbocycles. The van der Waals surface area contributed by atoms with Gasteiger partial charge in [-0.2, -0.15) is 5.10 Å². The van der Waals surface area contributed by atoms with Gasteiger partial charge in [-0.25, -0.2) is 0 Å². The second-order valence-corrected chi connectivity index (χ2v) is 13.0. The van der Waals surface area contributed by atoms with Crippen LogP contribution in [-0.2, 0) is 13.2 Å². The van der Waals surface area contributed by atoms with Crippen LogP contribution in [0.25, 0.3) is 22.4 Å². The summed E-state index contributed by atoms with van der Waals surface area (Å²) in [5.41, 5.74) is 5.65. The zero-order valence-corrected chi connectivity index (χ0v) is 22.2. The fourth-order valence-corrected chi connectivity index (χ4v) is 9.50. The van der Waals surface area contributed by atoms with Crippen molar-refractivity contribution < 1.29 is 0 Å². The molecule has 4 heteroatoms. The lowest BCUT2D eigenvalue weighted by Gasteiger charge is -2.28. The highest BCUT2D eigenvalue weighted by atomic mass is 31.2. The largest absolute Gasteiger partial charge is 0.275 e. The Bertz CT molecular complexity index is 1520. The van der Waals surface area contributed by atoms with Gasteiger partial charge in [0.1, 0.15) is 28.9 Å². The van der Waals surface area contributed by atoms with E-state index in [-0.39, 0.29) is 0 Å². The van der Waals surface area contributed by atoms with Crippen molar-refractivity contribution >= 4 is 23.2 Å². The van der Waals surface area contributed by atoms with E-state index in [9.17, 15) is 0 Å². The molecule has 0 aliphatic rings. The molecule has 0 atom stereocenters. The number of benzene rings is 4. The first-order valence-electron chi connectivity index (χ1n) is 12.8. The van der Waals surface area contributed by atoms with E-state index < -0.39 is 7.26 Å². The van der Waals surface area contributed by atoms with E-state index in [1.54, 1.807) is 0 Å². The van der Waals surface area contributed by atoms with Crippen LogP contribution in [0.15, 0.2) is 146 Å². The lowest BCUT2D eigenvalue weighted by Crippen LogP contribution is -2.32. The Morgan fingerprint density at radius 3 is 1.58 bits per heavy atom. The third kappa shape index (κ3) is 4.58. The van der Waals surface area contributed by atoms with Gasteiger partial charge in [-0.15, -0.1) is 0 Å². The van der Waals surface area contributed by atoms with Gasteiger partial charge >= 0.3 is 0 Å². The molecule has 0 fully saturated rings. The quantitative estimate of drug-likeness (QED) is 0.225. The molecule has 3 nitrogen and oxygen atoms in total. The number of rotatable bonds is 7. The van der Waals surface area contributed by atoms with Gasteiger partial charge < -0.3 is 0 Å². The highest BCUT2D eigenvalue weighted by Gasteiger charge is 2.45. The van der Waals surface area contributed by atoms with Crippen molar-refractivity contribution in [2.75, 3.05) is 0 Å². The molecule has 0 N–H and O–H groups in total. The van der Waals surface area contributed by atoms with Crippen LogP contribution in [0.5, 0.6) is 0 Å². The van der Waals surface area contributed by atoms with Crippen LogP contribution in [0.2, 0.25) is 0 Å². The third-order valence-corrected chi connectivity index (χ3v) is 11.4. The second-order valence-electron chi connectivity index (χ2n) is 9.47. The molecule has 0 saturated carbocycles. The van der Waals surface area contributed by atoms with Crippen molar-refractivity contribution in [3.8, 4) is 22.4 Å². The lowest BCUT2D eigenvalue weighted by atomic mass is 10.0. The summed E-state index contributed by atoms with van der Waals surface area (Å²) in [6, 6.07) is 46.2. The third-order valence-electron chi connectivity index (χ3n) is 7.06. The van der Waals surface area contributed by atoms with E-state index in [4.69, 9.17) is 5.10 Å². The van der Waals surface area contributed by atoms with Crippen LogP contribution >= 0.6 is 7.26 Å². The Hall–Kier alpha value is -4.33. The number of nitrogens with zero attached hydrogens (tertiary/aromatic N) is 3. The highest BCUT2D eigenvalue weighted by molar-refractivity contribution is 7.95. The molecule has 0 unspecified atom stereocenters. The smallest absolute Gasteiger partial charge is 0.116 e. The summed E-state index contributed by atoms with van der Waals surface area (Å²) in [5.74, 6) is 0. The first kappa shape index (κ1) is 24.0. The van der Waals surface area contributed by atoms with Crippen molar-refractivity contribution in [2.45, 2.75) is 6.16 Å². The molecule has 0 aliphatic carbocycles. The summed E-state index contributed by atoms with van der Waals surface area (Å²) in [5, 5.41) is 8.99. The number of pyridine rings is 1. The molecule has 0 bridgehead atoms. The first-order chi connectivity index (χ1) is 18.7. The van der Waals surface area contributed by atoms with Crippen LogP contribution in [0.3, 0.4) is 0 Å². The minimum atomic E-state index is -1.94. The van der Waals surface area contributed by atoms with Gasteiger partial charge in [0, 0.05) is 36.8 Å². The molecule has 0 aliphatic heterocycles. The number of hydrogen-bond acceptors (Lipinski definition) is 2. The molecule has 0 amide bonds. The Balaban J connectivity index is 1.45. The van der Waals surface area contributed by atoms with Gasteiger partial charge in [0.15, 0.2) is 0 Å². The predicted molar refractivity (Wildman–Crippen MR) is 161 cm³/mol. The molecule has 6 rings (SSSR count). The van der Waals surface area contributed by atoms with Gasteiger partial charge in [-0.05, 0) is 59.7 Å². The number of aryl methyl sites for hydroxylation is 1. The molecule has 6 aromatic rings. The first-order valence-corrected chi connectivity index (χ1v) is 14.8. The van der Waals surface area contributed by atoms with Crippen molar-refractivity contribution in [3.63, 3.8) is 0 Å². The Morgan fingerprint density at radius 2 is 1.08 bits per heavy atom. The van der Waals surface area contributed by atoms with Crippen molar-refractivity contribution in [1.29, 1.82) is 0 Å². The van der Waals surface area contributed by atoms with E-state index in [1.807, 2.05) is 36.3 Å². The van der Waals surface area contributed by atoms with Gasteiger partial charge in [-0.3, -0.25) is 9.67 Å². The maximum Gasteiger partial charge on any atom is 0.116 e. The normalized spacial score (nSPS) is 11.4. The van der Waals surface area contributed by atoms with Gasteiger partial charge in [-0.1, -0.05) is 78.9 Å². The highest BCUT2D eigenvalue weighted by Crippen LogP contribution is 2.58. The number of aromatic nitrogens is 3. The average Bonchev–Trinajstić information content (AvgIpc) is 3.39. The monoisotopic (exact) mass is 510 g/mol. The van der Waals surface area contributed by atoms with Gasteiger partial charge in [0.25, 0.3) is 0 Å². The van der Waals surface area contributed by atoms with Crippen molar-refractivity contribution in [1.82, 2.24) is 14.8 Å². The standard InChI is InChI=1S/C34H29N3P/c1-37-25-33(28-21-23-35-24-22-28)34(36-37)29-19-17-27(18-20-29)26-38(30-11-5-2-6-12-30,31-13-7-3-8-14-31)32-15-9-4-10-16-32/h2-25H,26H2,1H3/q+1. The SMILES string of the molecule is Cn1cc(-c2ccncc2)c(-c2ccc(C[P+](c3ccccc3)(c3ccccc3)c3ccccc3)cc2)n1. The molecule has 2 aromatic heterocycles. The van der Waals surface area contributed by atoms with Crippen LogP contribution in [0.4, 0.5) is 0 Å². The van der Waals surface area contributed by atoms with Crippen LogP contribution < -0.4 is 15.9 Å². The van der Waals surface area contributed by atoms with Crippen LogP contribution in [-0.4, -0.2) is 14.8 Å². The molecule has 0 radical (unpaired) electrons. The Morgan fingerprint density at radius 1 is 0.579 bits per heavy atom. The Labute approximate surface area is 224 Å². The van der Waals surface area contributed by atoms with E-state index >= 15 is 0 Å². The van der Waals surface area contributed by atoms with Crippen LogP contribution in [0, 0.1) is 0 Å². The zero-order chi connectivity index (χ0) is 25.8. The van der Waals surface area contributed by atoms with Gasteiger partial charge in [0.05, 0.1) is 6.16 Å². The minimum Gasteiger partial charge on any atom is -0.275 e. The molecule has 2 heterocycles. The Kier molecular flexibility index (Phi) is 6.69. The molecule has 38 heavy (non-hydrogen) atoms. The maximum absolute atomic E-state index is 4.81. The predicted octanol–water partition coefficient (Wildman–Crippen LogP) is 6.64. The fraction of sp³-hybridized carbons (Fsp3) is 0.0588. The summed E-state index contributed by atoms with van der Waals surface area (Å²) in [4.78, 5) is 4.18. The van der Waals surface area contributed by atoms with Gasteiger partial charge in [0.2, 0.25) is 0 Å². The average molecular weight is 511 g/mol. The molecule has 184 valence electrons. The van der Waals surface area contributed by atoms with Crippen LogP contribution in [0.1, 0.15) is 5.56 Å². The summed E-state index contributed by atoms with van der Waals surface area (Å²) in [7, 11) is 0.0310. The maximum atomic E-state index is 4.81. The molecular weight excluding hydrogens is 481 g/mol. The molecule has 0 saturated heterocycles. The summed E-state index contributed by atoms with van der Waals surface area (Å²) < 4.78 is 1.88. The molecular formula is C34H29N3P+. The topological polar surface area (TPSA) is 30.7 Å². The second kappa shape index (κ2) is 10.6. The summed E-state index contributed by atoms with van der Waals surface area (Å²) >= 11 is 0.